The maximum Gasteiger partial charge on any atom is 1.00 e. The van der Waals surface area contributed by atoms with Crippen LogP contribution >= 0.6 is 0 Å². The zero-order valence-electron chi connectivity index (χ0n) is 10.0. The van der Waals surface area contributed by atoms with Gasteiger partial charge in [0.25, 0.3) is 5.97 Å². The topological polar surface area (TPSA) is 138 Å². The minimum Gasteiger partial charge on any atom is -0.550 e. The normalized spacial score (nSPS) is 8.25. The number of carboxylic acid groups (broad SMARTS) is 3. The molecular formula is C7H12Na2O7. The van der Waals surface area contributed by atoms with Gasteiger partial charge in [-0.15, -0.1) is 0 Å². The van der Waals surface area contributed by atoms with Crippen LogP contribution in [0.2, 0.25) is 0 Å². The Morgan fingerprint density at radius 1 is 1.06 bits per heavy atom. The van der Waals surface area contributed by atoms with Gasteiger partial charge < -0.3 is 30.0 Å². The van der Waals surface area contributed by atoms with Crippen molar-refractivity contribution in [3.05, 3.63) is 0 Å². The summed E-state index contributed by atoms with van der Waals surface area (Å²) < 4.78 is 0. The molecule has 1 atom stereocenters. The summed E-state index contributed by atoms with van der Waals surface area (Å²) in [5, 5.41) is 33.6. The summed E-state index contributed by atoms with van der Waals surface area (Å²) in [6.45, 7) is 3.19. The molecule has 0 spiro atoms. The molecule has 0 aromatic carbocycles. The van der Waals surface area contributed by atoms with Gasteiger partial charge in [0.05, 0.1) is 12.1 Å². The van der Waals surface area contributed by atoms with Crippen LogP contribution in [0.1, 0.15) is 20.8 Å². The van der Waals surface area contributed by atoms with Crippen molar-refractivity contribution in [2.75, 3.05) is 0 Å². The van der Waals surface area contributed by atoms with E-state index in [-0.39, 0.29) is 59.1 Å². The van der Waals surface area contributed by atoms with Crippen LogP contribution in [0.3, 0.4) is 0 Å². The Morgan fingerprint density at radius 3 is 1.12 bits per heavy atom. The average molecular weight is 254 g/mol. The number of aliphatic hydroxyl groups is 1. The van der Waals surface area contributed by atoms with Gasteiger partial charge in [0.2, 0.25) is 0 Å². The molecule has 0 amide bonds. The number of hydrogen-bond acceptors (Lipinski definition) is 6. The molecule has 0 heterocycles. The Morgan fingerprint density at radius 2 is 1.12 bits per heavy atom. The molecule has 2 N–H and O–H groups in total. The van der Waals surface area contributed by atoms with Crippen LogP contribution in [0.15, 0.2) is 0 Å². The molecule has 7 nitrogen and oxygen atoms in total. The first-order valence-corrected chi connectivity index (χ1v) is 3.37. The van der Waals surface area contributed by atoms with Crippen LogP contribution in [-0.4, -0.2) is 34.2 Å². The number of carboxylic acids is 3. The smallest absolute Gasteiger partial charge is 0.550 e. The van der Waals surface area contributed by atoms with Crippen molar-refractivity contribution in [3.63, 3.8) is 0 Å². The van der Waals surface area contributed by atoms with E-state index in [9.17, 15) is 9.90 Å². The second kappa shape index (κ2) is 20.7. The van der Waals surface area contributed by atoms with E-state index in [0.717, 1.165) is 20.8 Å². The largest absolute Gasteiger partial charge is 1.00 e. The van der Waals surface area contributed by atoms with E-state index in [1.165, 1.54) is 0 Å². The van der Waals surface area contributed by atoms with Gasteiger partial charge in [-0.25, -0.2) is 0 Å². The minimum absolute atomic E-state index is 0. The summed E-state index contributed by atoms with van der Waals surface area (Å²) in [4.78, 5) is 27.2. The third-order valence-corrected chi connectivity index (χ3v) is 0.341. The van der Waals surface area contributed by atoms with E-state index in [1.54, 1.807) is 0 Å². The van der Waals surface area contributed by atoms with Crippen molar-refractivity contribution in [3.8, 4) is 0 Å². The van der Waals surface area contributed by atoms with E-state index in [2.05, 4.69) is 0 Å². The molecule has 84 valence electrons. The summed E-state index contributed by atoms with van der Waals surface area (Å²) in [6.07, 6.45) is -1.34. The molecular weight excluding hydrogens is 242 g/mol. The molecule has 0 aliphatic heterocycles. The summed E-state index contributed by atoms with van der Waals surface area (Å²) >= 11 is 0. The standard InChI is InChI=1S/C3H6O3.2C2H4O2.2Na/c1-2(4)3(5)6;2*1-2(3)4;;/h2,4H,1H3,(H,5,6);2*1H3,(H,3,4);;/q;;;2*+1/p-2. The quantitative estimate of drug-likeness (QED) is 0.443. The van der Waals surface area contributed by atoms with Crippen molar-refractivity contribution < 1.29 is 93.9 Å². The van der Waals surface area contributed by atoms with Crippen LogP contribution in [0.25, 0.3) is 0 Å². The summed E-state index contributed by atoms with van der Waals surface area (Å²) in [7, 11) is 0. The van der Waals surface area contributed by atoms with Crippen molar-refractivity contribution in [2.45, 2.75) is 26.9 Å². The average Bonchev–Trinajstić information content (AvgIpc) is 1.83. The van der Waals surface area contributed by atoms with Crippen molar-refractivity contribution in [1.29, 1.82) is 0 Å². The molecule has 0 saturated carbocycles. The second-order valence-corrected chi connectivity index (χ2v) is 2.01. The summed E-state index contributed by atoms with van der Waals surface area (Å²) in [5.74, 6) is -3.35. The Kier molecular flexibility index (Phi) is 38.8. The van der Waals surface area contributed by atoms with Gasteiger partial charge >= 0.3 is 59.1 Å². The third-order valence-electron chi connectivity index (χ3n) is 0.341. The predicted octanol–water partition coefficient (Wildman–Crippen LogP) is -9.03. The van der Waals surface area contributed by atoms with Gasteiger partial charge in [0.1, 0.15) is 0 Å². The Hall–Kier alpha value is 0.370. The van der Waals surface area contributed by atoms with E-state index >= 15 is 0 Å². The summed E-state index contributed by atoms with van der Waals surface area (Å²) in [6, 6.07) is 0. The molecule has 0 aliphatic carbocycles. The predicted molar refractivity (Wildman–Crippen MR) is 40.7 cm³/mol. The zero-order valence-corrected chi connectivity index (χ0v) is 14.0. The molecule has 1 unspecified atom stereocenters. The molecule has 0 aromatic rings. The Bertz CT molecular complexity index is 173. The van der Waals surface area contributed by atoms with E-state index in [1.807, 2.05) is 0 Å². The van der Waals surface area contributed by atoms with Crippen molar-refractivity contribution in [1.82, 2.24) is 0 Å². The van der Waals surface area contributed by atoms with E-state index in [4.69, 9.17) is 24.9 Å². The molecule has 0 rings (SSSR count). The molecule has 0 aliphatic rings. The van der Waals surface area contributed by atoms with Gasteiger partial charge in [-0.2, -0.15) is 0 Å². The monoisotopic (exact) mass is 254 g/mol. The van der Waals surface area contributed by atoms with Gasteiger partial charge in [-0.05, 0) is 13.8 Å². The van der Waals surface area contributed by atoms with Crippen molar-refractivity contribution in [2.24, 2.45) is 0 Å². The number of carbonyl (C=O) groups excluding carboxylic acids is 2. The third kappa shape index (κ3) is 135. The molecule has 9 heteroatoms. The fourth-order valence-corrected chi connectivity index (χ4v) is 0. The van der Waals surface area contributed by atoms with Crippen LogP contribution in [0.4, 0.5) is 0 Å². The van der Waals surface area contributed by atoms with Crippen LogP contribution < -0.4 is 69.3 Å². The van der Waals surface area contributed by atoms with Gasteiger partial charge in [0, 0.05) is 12.9 Å². The number of carbonyl (C=O) groups is 3. The fraction of sp³-hybridized carbons (Fsp3) is 0.571. The Labute approximate surface area is 137 Å². The van der Waals surface area contributed by atoms with Crippen LogP contribution in [-0.2, 0) is 14.4 Å². The number of aliphatic hydroxyl groups excluding tert-OH is 1. The number of hydrogen-bond donors (Lipinski definition) is 2. The maximum absolute atomic E-state index is 9.34. The van der Waals surface area contributed by atoms with Crippen LogP contribution in [0.5, 0.6) is 0 Å². The molecule has 16 heavy (non-hydrogen) atoms. The molecule has 0 bridgehead atoms. The first-order chi connectivity index (χ1) is 6.11. The first-order valence-electron chi connectivity index (χ1n) is 3.37. The van der Waals surface area contributed by atoms with E-state index in [0.29, 0.717) is 0 Å². The molecule has 0 radical (unpaired) electrons. The van der Waals surface area contributed by atoms with Crippen molar-refractivity contribution >= 4 is 17.9 Å². The SMILES string of the molecule is CC(=O)O.CC(=O)[O-].CC(O)C(=O)[O-].[Na+].[Na+]. The molecule has 0 fully saturated rings. The summed E-state index contributed by atoms with van der Waals surface area (Å²) in [5.41, 5.74) is 0. The number of rotatable bonds is 1. The molecule has 0 saturated heterocycles. The molecule has 0 aromatic heterocycles. The first kappa shape index (κ1) is 29.9. The Balaban J connectivity index is -0.0000000367. The van der Waals surface area contributed by atoms with Crippen LogP contribution in [0, 0.1) is 0 Å². The van der Waals surface area contributed by atoms with Gasteiger partial charge in [-0.3, -0.25) is 4.79 Å². The van der Waals surface area contributed by atoms with Gasteiger partial charge in [0.15, 0.2) is 0 Å². The van der Waals surface area contributed by atoms with Gasteiger partial charge in [-0.1, -0.05) is 0 Å². The number of aliphatic carboxylic acids is 3. The minimum atomic E-state index is -1.44. The zero-order chi connectivity index (χ0) is 12.3. The fourth-order valence-electron chi connectivity index (χ4n) is 0. The van der Waals surface area contributed by atoms with E-state index < -0.39 is 24.0 Å². The maximum atomic E-state index is 9.34. The second-order valence-electron chi connectivity index (χ2n) is 2.01.